The van der Waals surface area contributed by atoms with Gasteiger partial charge < -0.3 is 19.7 Å². The van der Waals surface area contributed by atoms with E-state index in [-0.39, 0.29) is 9.79 Å². The van der Waals surface area contributed by atoms with Crippen LogP contribution in [0.3, 0.4) is 0 Å². The van der Waals surface area contributed by atoms with E-state index in [0.29, 0.717) is 11.5 Å². The zero-order valence-electron chi connectivity index (χ0n) is 12.7. The minimum atomic E-state index is -3.67. The van der Waals surface area contributed by atoms with Crippen LogP contribution in [0.15, 0.2) is 58.3 Å². The molecule has 0 aliphatic heterocycles. The molecule has 0 bridgehead atoms. The molecule has 2 unspecified atom stereocenters. The number of ether oxygens (including phenoxy) is 2. The molecule has 2 aromatic carbocycles. The van der Waals surface area contributed by atoms with Crippen molar-refractivity contribution < 1.29 is 28.1 Å². The number of hydrogen-bond acceptors (Lipinski definition) is 6. The summed E-state index contributed by atoms with van der Waals surface area (Å²) in [6.07, 6.45) is -1.95. The van der Waals surface area contributed by atoms with Crippen LogP contribution in [0, 0.1) is 0 Å². The van der Waals surface area contributed by atoms with E-state index in [1.54, 1.807) is 0 Å². The molecule has 0 aliphatic rings. The second-order valence-electron chi connectivity index (χ2n) is 4.88. The van der Waals surface area contributed by atoms with Gasteiger partial charge in [-0.2, -0.15) is 0 Å². The predicted molar refractivity (Wildman–Crippen MR) is 83.0 cm³/mol. The predicted octanol–water partition coefficient (Wildman–Crippen LogP) is 1.95. The molecule has 0 aliphatic carbocycles. The van der Waals surface area contributed by atoms with Crippen LogP contribution in [0.2, 0.25) is 0 Å². The third-order valence-electron chi connectivity index (χ3n) is 2.88. The van der Waals surface area contributed by atoms with Crippen LogP contribution in [0.5, 0.6) is 11.5 Å². The summed E-state index contributed by atoms with van der Waals surface area (Å²) in [6, 6.07) is 11.5. The van der Waals surface area contributed by atoms with Crippen LogP contribution in [-0.4, -0.2) is 31.2 Å². The maximum absolute atomic E-state index is 12.5. The number of hydrogen-bond donors (Lipinski definition) is 2. The van der Waals surface area contributed by atoms with Gasteiger partial charge in [0, 0.05) is 0 Å². The second-order valence-corrected chi connectivity index (χ2v) is 6.83. The summed E-state index contributed by atoms with van der Waals surface area (Å²) in [7, 11) is -3.67. The molecule has 2 N–H and O–H groups in total. The Balaban J connectivity index is 2.23. The van der Waals surface area contributed by atoms with Crippen LogP contribution < -0.4 is 9.47 Å². The average Bonchev–Trinajstić information content (AvgIpc) is 2.47. The lowest BCUT2D eigenvalue weighted by atomic mass is 10.3. The highest BCUT2D eigenvalue weighted by Crippen LogP contribution is 2.25. The quantitative estimate of drug-likeness (QED) is 0.782. The van der Waals surface area contributed by atoms with Gasteiger partial charge in [-0.05, 0) is 62.4 Å². The smallest absolute Gasteiger partial charge is 0.206 e. The number of aliphatic hydroxyl groups excluding tert-OH is 2. The standard InChI is InChI=1S/C16H18O6S/c1-11(17)21-13-3-7-15(8-4-13)23(19,20)16-9-5-14(6-10-16)22-12(2)18/h3-12,17-18H,1-2H3. The summed E-state index contributed by atoms with van der Waals surface area (Å²) >= 11 is 0. The monoisotopic (exact) mass is 338 g/mol. The van der Waals surface area contributed by atoms with E-state index < -0.39 is 22.4 Å². The van der Waals surface area contributed by atoms with Crippen molar-refractivity contribution in [3.8, 4) is 11.5 Å². The first-order valence-electron chi connectivity index (χ1n) is 6.94. The Bertz CT molecular complexity index is 674. The molecule has 0 heterocycles. The van der Waals surface area contributed by atoms with Crippen LogP contribution >= 0.6 is 0 Å². The molecule has 0 saturated heterocycles. The Kier molecular flexibility index (Phi) is 5.25. The van der Waals surface area contributed by atoms with Crippen LogP contribution in [0.1, 0.15) is 13.8 Å². The summed E-state index contributed by atoms with van der Waals surface area (Å²) in [4.78, 5) is 0.222. The topological polar surface area (TPSA) is 93.1 Å². The molecule has 0 radical (unpaired) electrons. The summed E-state index contributed by atoms with van der Waals surface area (Å²) in [5.41, 5.74) is 0. The Labute approximate surface area is 134 Å². The number of benzene rings is 2. The van der Waals surface area contributed by atoms with Gasteiger partial charge in [0.15, 0.2) is 12.6 Å². The molecule has 2 atom stereocenters. The molecule has 6 nitrogen and oxygen atoms in total. The van der Waals surface area contributed by atoms with Gasteiger partial charge in [-0.3, -0.25) is 0 Å². The van der Waals surface area contributed by atoms with E-state index in [1.807, 2.05) is 0 Å². The van der Waals surface area contributed by atoms with Gasteiger partial charge in [-0.15, -0.1) is 0 Å². The lowest BCUT2D eigenvalue weighted by molar-refractivity contribution is -0.000906. The summed E-state index contributed by atoms with van der Waals surface area (Å²) in [5, 5.41) is 18.3. The van der Waals surface area contributed by atoms with Crippen molar-refractivity contribution in [3.05, 3.63) is 48.5 Å². The van der Waals surface area contributed by atoms with Gasteiger partial charge >= 0.3 is 0 Å². The largest absolute Gasteiger partial charge is 0.465 e. The maximum Gasteiger partial charge on any atom is 0.206 e. The molecule has 2 rings (SSSR count). The van der Waals surface area contributed by atoms with E-state index in [0.717, 1.165) is 0 Å². The Morgan fingerprint density at radius 2 is 1.04 bits per heavy atom. The van der Waals surface area contributed by atoms with Gasteiger partial charge in [0.25, 0.3) is 0 Å². The van der Waals surface area contributed by atoms with Gasteiger partial charge in [-0.25, -0.2) is 8.42 Å². The first-order valence-corrected chi connectivity index (χ1v) is 8.42. The Morgan fingerprint density at radius 1 is 0.739 bits per heavy atom. The molecule has 0 saturated carbocycles. The lowest BCUT2D eigenvalue weighted by Gasteiger charge is -2.11. The van der Waals surface area contributed by atoms with Crippen molar-refractivity contribution in [3.63, 3.8) is 0 Å². The highest BCUT2D eigenvalue weighted by atomic mass is 32.2. The van der Waals surface area contributed by atoms with Gasteiger partial charge in [0.1, 0.15) is 11.5 Å². The molecule has 2 aromatic rings. The highest BCUT2D eigenvalue weighted by molar-refractivity contribution is 7.91. The summed E-state index contributed by atoms with van der Waals surface area (Å²) < 4.78 is 35.2. The van der Waals surface area contributed by atoms with E-state index in [2.05, 4.69) is 0 Å². The van der Waals surface area contributed by atoms with Crippen molar-refractivity contribution >= 4 is 9.84 Å². The van der Waals surface area contributed by atoms with Crippen LogP contribution in [0.25, 0.3) is 0 Å². The maximum atomic E-state index is 12.5. The van der Waals surface area contributed by atoms with Crippen LogP contribution in [-0.2, 0) is 9.84 Å². The molecule has 0 fully saturated rings. The van der Waals surface area contributed by atoms with E-state index in [4.69, 9.17) is 19.7 Å². The zero-order valence-corrected chi connectivity index (χ0v) is 13.5. The van der Waals surface area contributed by atoms with Crippen molar-refractivity contribution in [1.82, 2.24) is 0 Å². The fourth-order valence-corrected chi connectivity index (χ4v) is 3.19. The Morgan fingerprint density at radius 3 is 1.30 bits per heavy atom. The first-order chi connectivity index (χ1) is 10.8. The minimum Gasteiger partial charge on any atom is -0.465 e. The summed E-state index contributed by atoms with van der Waals surface area (Å²) in [5.74, 6) is 0.749. The number of rotatable bonds is 6. The first kappa shape index (κ1) is 17.3. The number of aliphatic hydroxyl groups is 2. The van der Waals surface area contributed by atoms with Crippen molar-refractivity contribution in [2.75, 3.05) is 0 Å². The highest BCUT2D eigenvalue weighted by Gasteiger charge is 2.18. The molecule has 0 amide bonds. The van der Waals surface area contributed by atoms with E-state index in [1.165, 1.54) is 62.4 Å². The van der Waals surface area contributed by atoms with Gasteiger partial charge in [0.2, 0.25) is 9.84 Å². The Hall–Kier alpha value is -2.09. The number of sulfone groups is 1. The third-order valence-corrected chi connectivity index (χ3v) is 4.67. The van der Waals surface area contributed by atoms with Gasteiger partial charge in [0.05, 0.1) is 9.79 Å². The summed E-state index contributed by atoms with van der Waals surface area (Å²) in [6.45, 7) is 2.92. The fourth-order valence-electron chi connectivity index (χ4n) is 1.92. The molecular weight excluding hydrogens is 320 g/mol. The van der Waals surface area contributed by atoms with Crippen molar-refractivity contribution in [1.29, 1.82) is 0 Å². The lowest BCUT2D eigenvalue weighted by Crippen LogP contribution is -2.10. The minimum absolute atomic E-state index is 0.111. The SMILES string of the molecule is CC(O)Oc1ccc(S(=O)(=O)c2ccc(OC(C)O)cc2)cc1. The average molecular weight is 338 g/mol. The van der Waals surface area contributed by atoms with Crippen molar-refractivity contribution in [2.45, 2.75) is 36.2 Å². The van der Waals surface area contributed by atoms with E-state index >= 15 is 0 Å². The van der Waals surface area contributed by atoms with Crippen molar-refractivity contribution in [2.24, 2.45) is 0 Å². The van der Waals surface area contributed by atoms with E-state index in [9.17, 15) is 8.42 Å². The third kappa shape index (κ3) is 4.44. The normalized spacial score (nSPS) is 14.1. The molecule has 0 spiro atoms. The van der Waals surface area contributed by atoms with Gasteiger partial charge in [-0.1, -0.05) is 0 Å². The zero-order chi connectivity index (χ0) is 17.0. The fraction of sp³-hybridized carbons (Fsp3) is 0.250. The molecule has 7 heteroatoms. The molecule has 0 aromatic heterocycles. The second kappa shape index (κ2) is 6.99. The molecule has 124 valence electrons. The molecular formula is C16H18O6S. The molecule has 23 heavy (non-hydrogen) atoms. The van der Waals surface area contributed by atoms with Crippen LogP contribution in [0.4, 0.5) is 0 Å².